The number of hydrogen-bond donors (Lipinski definition) is 1. The Hall–Kier alpha value is -1.16. The Labute approximate surface area is 106 Å². The number of thioether (sulfide) groups is 1. The van der Waals surface area contributed by atoms with Crippen LogP contribution in [0.15, 0.2) is 29.2 Å². The van der Waals surface area contributed by atoms with E-state index in [-0.39, 0.29) is 11.8 Å². The molecule has 3 nitrogen and oxygen atoms in total. The van der Waals surface area contributed by atoms with Crippen molar-refractivity contribution in [2.24, 2.45) is 5.41 Å². The van der Waals surface area contributed by atoms with E-state index in [2.05, 4.69) is 0 Å². The molecule has 0 aromatic heterocycles. The van der Waals surface area contributed by atoms with Gasteiger partial charge in [-0.25, -0.2) is 0 Å². The summed E-state index contributed by atoms with van der Waals surface area (Å²) >= 11 is 1.68. The number of rotatable bonds is 6. The van der Waals surface area contributed by atoms with Gasteiger partial charge in [0.05, 0.1) is 13.0 Å². The fourth-order valence-electron chi connectivity index (χ4n) is 1.41. The number of aliphatic carboxylic acids is 1. The van der Waals surface area contributed by atoms with Gasteiger partial charge < -0.3 is 9.84 Å². The van der Waals surface area contributed by atoms with Gasteiger partial charge >= 0.3 is 5.97 Å². The van der Waals surface area contributed by atoms with Gasteiger partial charge in [0.15, 0.2) is 0 Å². The number of hydrogen-bond acceptors (Lipinski definition) is 3. The Balaban J connectivity index is 2.51. The van der Waals surface area contributed by atoms with Crippen LogP contribution in [0.5, 0.6) is 5.75 Å². The molecule has 0 aliphatic rings. The average molecular weight is 254 g/mol. The van der Waals surface area contributed by atoms with Crippen LogP contribution in [0.2, 0.25) is 0 Å². The zero-order chi connectivity index (χ0) is 12.9. The van der Waals surface area contributed by atoms with Crippen molar-refractivity contribution in [3.63, 3.8) is 0 Å². The fourth-order valence-corrected chi connectivity index (χ4v) is 1.82. The van der Waals surface area contributed by atoms with E-state index in [4.69, 9.17) is 9.84 Å². The molecular weight excluding hydrogens is 236 g/mol. The molecule has 0 bridgehead atoms. The van der Waals surface area contributed by atoms with Crippen molar-refractivity contribution in [1.82, 2.24) is 0 Å². The van der Waals surface area contributed by atoms with E-state index in [0.717, 1.165) is 5.75 Å². The first-order chi connectivity index (χ1) is 7.93. The second-order valence-corrected chi connectivity index (χ2v) is 5.58. The molecular formula is C13H18O3S. The third-order valence-corrected chi connectivity index (χ3v) is 3.06. The summed E-state index contributed by atoms with van der Waals surface area (Å²) in [5.41, 5.74) is -0.357. The number of carboxylic acid groups (broad SMARTS) is 1. The smallest absolute Gasteiger partial charge is 0.304 e. The highest BCUT2D eigenvalue weighted by Crippen LogP contribution is 2.24. The van der Waals surface area contributed by atoms with Crippen molar-refractivity contribution in [1.29, 1.82) is 0 Å². The Morgan fingerprint density at radius 1 is 1.35 bits per heavy atom. The van der Waals surface area contributed by atoms with E-state index in [1.54, 1.807) is 11.8 Å². The maximum Gasteiger partial charge on any atom is 0.304 e. The Morgan fingerprint density at radius 3 is 2.41 bits per heavy atom. The van der Waals surface area contributed by atoms with Crippen molar-refractivity contribution in [2.45, 2.75) is 25.2 Å². The predicted octanol–water partition coefficient (Wildman–Crippen LogP) is 3.29. The molecule has 0 atom stereocenters. The lowest BCUT2D eigenvalue weighted by Gasteiger charge is -2.22. The average Bonchev–Trinajstić information content (AvgIpc) is 2.25. The molecule has 1 N–H and O–H groups in total. The van der Waals surface area contributed by atoms with Gasteiger partial charge in [0.25, 0.3) is 0 Å². The third kappa shape index (κ3) is 5.13. The van der Waals surface area contributed by atoms with Crippen molar-refractivity contribution in [2.75, 3.05) is 12.9 Å². The standard InChI is InChI=1S/C13H18O3S/c1-13(2,8-12(14)15)9-16-10-4-6-11(17-3)7-5-10/h4-7H,8-9H2,1-3H3,(H,14,15). The van der Waals surface area contributed by atoms with E-state index in [1.807, 2.05) is 44.4 Å². The van der Waals surface area contributed by atoms with Crippen LogP contribution in [0, 0.1) is 5.41 Å². The molecule has 4 heteroatoms. The van der Waals surface area contributed by atoms with Crippen molar-refractivity contribution in [3.8, 4) is 5.75 Å². The van der Waals surface area contributed by atoms with Gasteiger partial charge in [0.1, 0.15) is 5.75 Å². The zero-order valence-electron chi connectivity index (χ0n) is 10.4. The summed E-state index contributed by atoms with van der Waals surface area (Å²) in [5, 5.41) is 8.76. The second-order valence-electron chi connectivity index (χ2n) is 4.70. The molecule has 94 valence electrons. The van der Waals surface area contributed by atoms with Crippen LogP contribution in [0.4, 0.5) is 0 Å². The summed E-state index contributed by atoms with van der Waals surface area (Å²) < 4.78 is 5.60. The van der Waals surface area contributed by atoms with Crippen LogP contribution in [0.25, 0.3) is 0 Å². The van der Waals surface area contributed by atoms with Crippen molar-refractivity contribution < 1.29 is 14.6 Å². The molecule has 0 heterocycles. The maximum absolute atomic E-state index is 10.7. The van der Waals surface area contributed by atoms with Crippen LogP contribution in [-0.4, -0.2) is 23.9 Å². The number of carboxylic acids is 1. The first-order valence-electron chi connectivity index (χ1n) is 5.41. The van der Waals surface area contributed by atoms with E-state index >= 15 is 0 Å². The molecule has 0 spiro atoms. The lowest BCUT2D eigenvalue weighted by molar-refractivity contribution is -0.139. The lowest BCUT2D eigenvalue weighted by Crippen LogP contribution is -2.24. The normalized spacial score (nSPS) is 11.2. The van der Waals surface area contributed by atoms with Gasteiger partial charge in [0, 0.05) is 10.3 Å². The van der Waals surface area contributed by atoms with Gasteiger partial charge in [-0.2, -0.15) is 0 Å². The molecule has 0 radical (unpaired) electrons. The van der Waals surface area contributed by atoms with Crippen molar-refractivity contribution >= 4 is 17.7 Å². The summed E-state index contributed by atoms with van der Waals surface area (Å²) in [5.74, 6) is -0.0161. The Bertz CT molecular complexity index is 371. The zero-order valence-corrected chi connectivity index (χ0v) is 11.2. The summed E-state index contributed by atoms with van der Waals surface area (Å²) in [4.78, 5) is 11.8. The lowest BCUT2D eigenvalue weighted by atomic mass is 9.91. The summed E-state index contributed by atoms with van der Waals surface area (Å²) in [6, 6.07) is 7.79. The molecule has 1 aromatic rings. The van der Waals surface area contributed by atoms with Gasteiger partial charge in [-0.05, 0) is 30.5 Å². The Kier molecular flexibility index (Phi) is 4.87. The van der Waals surface area contributed by atoms with E-state index < -0.39 is 5.97 Å². The third-order valence-electron chi connectivity index (χ3n) is 2.32. The van der Waals surface area contributed by atoms with E-state index in [9.17, 15) is 4.79 Å². The summed E-state index contributed by atoms with van der Waals surface area (Å²) in [6.45, 7) is 4.17. The maximum atomic E-state index is 10.7. The molecule has 0 saturated heterocycles. The summed E-state index contributed by atoms with van der Waals surface area (Å²) in [7, 11) is 0. The molecule has 0 aliphatic heterocycles. The monoisotopic (exact) mass is 254 g/mol. The topological polar surface area (TPSA) is 46.5 Å². The van der Waals surface area contributed by atoms with Crippen LogP contribution < -0.4 is 4.74 Å². The molecule has 1 rings (SSSR count). The Morgan fingerprint density at radius 2 is 1.94 bits per heavy atom. The van der Waals surface area contributed by atoms with Gasteiger partial charge in [0.2, 0.25) is 0 Å². The van der Waals surface area contributed by atoms with Gasteiger partial charge in [-0.15, -0.1) is 11.8 Å². The molecule has 17 heavy (non-hydrogen) atoms. The number of benzene rings is 1. The van der Waals surface area contributed by atoms with Gasteiger partial charge in [-0.3, -0.25) is 4.79 Å². The molecule has 0 amide bonds. The first kappa shape index (κ1) is 13.9. The molecule has 0 unspecified atom stereocenters. The summed E-state index contributed by atoms with van der Waals surface area (Å²) in [6.07, 6.45) is 2.13. The molecule has 0 fully saturated rings. The van der Waals surface area contributed by atoms with Crippen molar-refractivity contribution in [3.05, 3.63) is 24.3 Å². The minimum atomic E-state index is -0.795. The van der Waals surface area contributed by atoms with E-state index in [1.165, 1.54) is 4.90 Å². The van der Waals surface area contributed by atoms with Crippen LogP contribution in [-0.2, 0) is 4.79 Å². The largest absolute Gasteiger partial charge is 0.493 e. The number of ether oxygens (including phenoxy) is 1. The molecule has 0 aliphatic carbocycles. The highest BCUT2D eigenvalue weighted by atomic mass is 32.2. The minimum absolute atomic E-state index is 0.107. The number of carbonyl (C=O) groups is 1. The fraction of sp³-hybridized carbons (Fsp3) is 0.462. The van der Waals surface area contributed by atoms with Crippen LogP contribution in [0.3, 0.4) is 0 Å². The minimum Gasteiger partial charge on any atom is -0.493 e. The highest BCUT2D eigenvalue weighted by Gasteiger charge is 2.22. The van der Waals surface area contributed by atoms with Crippen LogP contribution >= 0.6 is 11.8 Å². The second kappa shape index (κ2) is 5.96. The predicted molar refractivity (Wildman–Crippen MR) is 69.8 cm³/mol. The quantitative estimate of drug-likeness (QED) is 0.791. The molecule has 1 aromatic carbocycles. The van der Waals surface area contributed by atoms with E-state index in [0.29, 0.717) is 6.61 Å². The first-order valence-corrected chi connectivity index (χ1v) is 6.64. The van der Waals surface area contributed by atoms with Gasteiger partial charge in [-0.1, -0.05) is 13.8 Å². The molecule has 0 saturated carbocycles. The van der Waals surface area contributed by atoms with Crippen LogP contribution in [0.1, 0.15) is 20.3 Å². The highest BCUT2D eigenvalue weighted by molar-refractivity contribution is 7.98. The SMILES string of the molecule is CSc1ccc(OCC(C)(C)CC(=O)O)cc1.